The number of carbonyl (C=O) groups is 1. The summed E-state index contributed by atoms with van der Waals surface area (Å²) in [6.07, 6.45) is -4.25. The van der Waals surface area contributed by atoms with Crippen molar-refractivity contribution in [2.24, 2.45) is 5.73 Å². The van der Waals surface area contributed by atoms with Gasteiger partial charge in [-0.25, -0.2) is 4.79 Å². The van der Waals surface area contributed by atoms with E-state index in [1.807, 2.05) is 0 Å². The molecule has 1 aromatic carbocycles. The van der Waals surface area contributed by atoms with Gasteiger partial charge in [-0.05, 0) is 18.1 Å². The number of hydrogen-bond acceptors (Lipinski definition) is 7. The number of allylic oxidation sites excluding steroid dienone is 4. The molecule has 1 aliphatic rings. The van der Waals surface area contributed by atoms with Crippen LogP contribution in [0.25, 0.3) is 11.0 Å². The topological polar surface area (TPSA) is 154 Å². The van der Waals surface area contributed by atoms with Crippen LogP contribution in [0.5, 0.6) is 0 Å². The minimum absolute atomic E-state index is 0.156. The van der Waals surface area contributed by atoms with E-state index < -0.39 is 76.6 Å². The molecule has 0 fully saturated rings. The molecule has 1 amide bonds. The molecule has 0 spiro atoms. The highest BCUT2D eigenvalue weighted by Gasteiger charge is 2.40. The zero-order valence-corrected chi connectivity index (χ0v) is 17.1. The molecule has 0 radical (unpaired) electrons. The van der Waals surface area contributed by atoms with E-state index in [0.717, 1.165) is 18.2 Å². The van der Waals surface area contributed by atoms with Gasteiger partial charge in [0.2, 0.25) is 5.91 Å². The van der Waals surface area contributed by atoms with Gasteiger partial charge in [-0.15, -0.1) is 0 Å². The molecule has 6 N–H and O–H groups in total. The quantitative estimate of drug-likeness (QED) is 0.380. The summed E-state index contributed by atoms with van der Waals surface area (Å²) < 4.78 is 47.3. The zero-order valence-electron chi connectivity index (χ0n) is 17.1. The van der Waals surface area contributed by atoms with Gasteiger partial charge < -0.3 is 30.6 Å². The highest BCUT2D eigenvalue weighted by Crippen LogP contribution is 2.41. The number of nitrogens with two attached hydrogens (primary N) is 1. The maximum atomic E-state index is 14.0. The molecular formula is C22H22F3NO7. The van der Waals surface area contributed by atoms with Crippen LogP contribution >= 0.6 is 0 Å². The van der Waals surface area contributed by atoms with Crippen molar-refractivity contribution in [1.29, 1.82) is 0 Å². The van der Waals surface area contributed by atoms with Crippen LogP contribution in [0.4, 0.5) is 13.2 Å². The van der Waals surface area contributed by atoms with Crippen molar-refractivity contribution in [1.82, 2.24) is 0 Å². The van der Waals surface area contributed by atoms with E-state index in [0.29, 0.717) is 0 Å². The molecule has 1 aliphatic carbocycles. The van der Waals surface area contributed by atoms with E-state index in [4.69, 9.17) is 15.3 Å². The Bertz CT molecular complexity index is 1160. The van der Waals surface area contributed by atoms with Crippen molar-refractivity contribution in [2.45, 2.75) is 42.7 Å². The average molecular weight is 469 g/mol. The van der Waals surface area contributed by atoms with E-state index in [-0.39, 0.29) is 12.0 Å². The highest BCUT2D eigenvalue weighted by molar-refractivity contribution is 5.87. The molecule has 0 saturated heterocycles. The Balaban J connectivity index is 2.19. The lowest BCUT2D eigenvalue weighted by molar-refractivity contribution is -0.137. The second-order valence-corrected chi connectivity index (χ2v) is 7.70. The van der Waals surface area contributed by atoms with E-state index >= 15 is 0 Å². The normalized spacial score (nSPS) is 19.9. The van der Waals surface area contributed by atoms with Crippen molar-refractivity contribution >= 4 is 16.9 Å². The van der Waals surface area contributed by atoms with E-state index in [9.17, 15) is 38.1 Å². The Morgan fingerprint density at radius 3 is 2.42 bits per heavy atom. The minimum atomic E-state index is -4.90. The summed E-state index contributed by atoms with van der Waals surface area (Å²) in [7, 11) is 0. The van der Waals surface area contributed by atoms with Crippen LogP contribution in [0, 0.1) is 0 Å². The third-order valence-electron chi connectivity index (χ3n) is 5.54. The number of hydrogen-bond donors (Lipinski definition) is 5. The van der Waals surface area contributed by atoms with Crippen LogP contribution in [-0.2, 0) is 11.0 Å². The largest absolute Gasteiger partial charge is 0.422 e. The van der Waals surface area contributed by atoms with Crippen LogP contribution in [0.2, 0.25) is 0 Å². The lowest BCUT2D eigenvalue weighted by Crippen LogP contribution is -2.46. The molecule has 11 heteroatoms. The molecule has 1 unspecified atom stereocenters. The molecule has 0 aliphatic heterocycles. The molecule has 1 aromatic heterocycles. The summed E-state index contributed by atoms with van der Waals surface area (Å²) in [6.45, 7) is -0.932. The van der Waals surface area contributed by atoms with Crippen LogP contribution in [-0.4, -0.2) is 51.3 Å². The first-order chi connectivity index (χ1) is 15.5. The van der Waals surface area contributed by atoms with E-state index in [1.165, 1.54) is 12.2 Å². The van der Waals surface area contributed by atoms with Crippen LogP contribution < -0.4 is 11.4 Å². The molecule has 178 valence electrons. The fraction of sp³-hybridized carbons (Fsp3) is 0.364. The third-order valence-corrected chi connectivity index (χ3v) is 5.54. The van der Waals surface area contributed by atoms with Crippen LogP contribution in [0.3, 0.4) is 0 Å². The summed E-state index contributed by atoms with van der Waals surface area (Å²) in [4.78, 5) is 24.6. The number of aliphatic hydroxyl groups is 4. The van der Waals surface area contributed by atoms with Gasteiger partial charge in [0.25, 0.3) is 0 Å². The van der Waals surface area contributed by atoms with E-state index in [1.54, 1.807) is 12.2 Å². The van der Waals surface area contributed by atoms with Gasteiger partial charge >= 0.3 is 11.8 Å². The van der Waals surface area contributed by atoms with Crippen LogP contribution in [0.1, 0.15) is 34.9 Å². The number of fused-ring (bicyclic) bond motifs is 1. The summed E-state index contributed by atoms with van der Waals surface area (Å²) in [6, 6.07) is 3.01. The summed E-state index contributed by atoms with van der Waals surface area (Å²) in [5.41, 5.74) is 1.73. The van der Waals surface area contributed by atoms with Gasteiger partial charge in [0, 0.05) is 11.3 Å². The second kappa shape index (κ2) is 9.48. The Labute approximate surface area is 185 Å². The van der Waals surface area contributed by atoms with Crippen molar-refractivity contribution in [3.63, 3.8) is 0 Å². The number of primary amides is 1. The molecule has 2 aromatic rings. The lowest BCUT2D eigenvalue weighted by atomic mass is 9.86. The Hall–Kier alpha value is -2.99. The average Bonchev–Trinajstić information content (AvgIpc) is 2.76. The first-order valence-corrected chi connectivity index (χ1v) is 9.93. The second-order valence-electron chi connectivity index (χ2n) is 7.70. The zero-order chi connectivity index (χ0) is 24.5. The highest BCUT2D eigenvalue weighted by atomic mass is 19.4. The number of rotatable bonds is 7. The van der Waals surface area contributed by atoms with E-state index in [2.05, 4.69) is 0 Å². The molecule has 3 rings (SSSR count). The first-order valence-electron chi connectivity index (χ1n) is 9.93. The lowest BCUT2D eigenvalue weighted by Gasteiger charge is -2.27. The van der Waals surface area contributed by atoms with Gasteiger partial charge in [-0.1, -0.05) is 36.4 Å². The molecule has 8 nitrogen and oxygen atoms in total. The predicted octanol–water partition coefficient (Wildman–Crippen LogP) is 1.06. The van der Waals surface area contributed by atoms with Crippen molar-refractivity contribution in [3.05, 3.63) is 69.6 Å². The van der Waals surface area contributed by atoms with Gasteiger partial charge in [-0.3, -0.25) is 4.79 Å². The fourth-order valence-electron chi connectivity index (χ4n) is 3.92. The van der Waals surface area contributed by atoms with Gasteiger partial charge in [0.1, 0.15) is 17.8 Å². The van der Waals surface area contributed by atoms with Gasteiger partial charge in [0.15, 0.2) is 0 Å². The molecule has 33 heavy (non-hydrogen) atoms. The number of halogens is 3. The van der Waals surface area contributed by atoms with Crippen LogP contribution in [0.15, 0.2) is 51.7 Å². The number of amides is 1. The molecule has 0 bridgehead atoms. The maximum absolute atomic E-state index is 14.0. The summed E-state index contributed by atoms with van der Waals surface area (Å²) >= 11 is 0. The van der Waals surface area contributed by atoms with Crippen molar-refractivity contribution in [3.8, 4) is 0 Å². The number of carbonyl (C=O) groups excluding carboxylic acids is 1. The number of alkyl halides is 3. The first kappa shape index (κ1) is 24.6. The van der Waals surface area contributed by atoms with Gasteiger partial charge in [0.05, 0.1) is 29.8 Å². The molecule has 5 atom stereocenters. The SMILES string of the molecule is NC(=O)[C@H](c1ccc2c(C(F)(F)F)c(C3C=CC=CC3)c(=O)oc2c1)[C@@H](O)[C@H](O)[C@H](O)CO. The maximum Gasteiger partial charge on any atom is 0.417 e. The Morgan fingerprint density at radius 1 is 1.18 bits per heavy atom. The minimum Gasteiger partial charge on any atom is -0.422 e. The summed E-state index contributed by atoms with van der Waals surface area (Å²) in [5.74, 6) is -3.70. The monoisotopic (exact) mass is 469 g/mol. The smallest absolute Gasteiger partial charge is 0.417 e. The number of benzene rings is 1. The van der Waals surface area contributed by atoms with Crippen molar-refractivity contribution in [2.75, 3.05) is 6.61 Å². The molecule has 0 saturated carbocycles. The third kappa shape index (κ3) is 4.86. The Morgan fingerprint density at radius 2 is 1.88 bits per heavy atom. The van der Waals surface area contributed by atoms with Crippen molar-refractivity contribution < 1.29 is 42.8 Å². The molecule has 1 heterocycles. The number of aliphatic hydroxyl groups excluding tert-OH is 4. The fourth-order valence-corrected chi connectivity index (χ4v) is 3.92. The molecular weight excluding hydrogens is 447 g/mol. The Kier molecular flexibility index (Phi) is 7.08. The summed E-state index contributed by atoms with van der Waals surface area (Å²) in [5, 5.41) is 38.4. The predicted molar refractivity (Wildman–Crippen MR) is 110 cm³/mol. The standard InChI is InChI=1S/C22H22F3NO7/c23-22(24,25)17-12-7-6-11(16(20(26)31)19(30)18(29)13(28)9-27)8-14(12)33-21(32)15(17)10-4-2-1-3-5-10/h1-4,6-8,10,13,16,18-19,27-30H,5,9H2,(H2,26,31)/t10?,13-,16-,18-,19-/m1/s1. The van der Waals surface area contributed by atoms with Gasteiger partial charge in [-0.2, -0.15) is 13.2 Å².